The molecule has 2 unspecified atom stereocenters. The molecule has 106 valence electrons. The van der Waals surface area contributed by atoms with Crippen molar-refractivity contribution in [1.82, 2.24) is 0 Å². The lowest BCUT2D eigenvalue weighted by Crippen LogP contribution is -2.30. The van der Waals surface area contributed by atoms with Crippen LogP contribution in [0.3, 0.4) is 0 Å². The molecule has 0 bridgehead atoms. The summed E-state index contributed by atoms with van der Waals surface area (Å²) in [5, 5.41) is 8.64. The molecule has 0 amide bonds. The van der Waals surface area contributed by atoms with Gasteiger partial charge in [-0.05, 0) is 49.9 Å². The standard InChI is InChI=1S/C13H21N3O2S/c1-9-11(5-3-7-13(9)19(15,17)18)16-12-6-2-4-10(12)8-14/h3,5,7,10,12,16H,2,4,6,8,14H2,1H3,(H2,15,17,18). The maximum Gasteiger partial charge on any atom is 0.238 e. The van der Waals surface area contributed by atoms with E-state index in [1.165, 1.54) is 6.07 Å². The van der Waals surface area contributed by atoms with Gasteiger partial charge in [0.1, 0.15) is 0 Å². The van der Waals surface area contributed by atoms with Gasteiger partial charge in [-0.1, -0.05) is 12.5 Å². The zero-order valence-corrected chi connectivity index (χ0v) is 11.9. The predicted molar refractivity (Wildman–Crippen MR) is 76.4 cm³/mol. The number of hydrogen-bond donors (Lipinski definition) is 3. The fraction of sp³-hybridized carbons (Fsp3) is 0.538. The van der Waals surface area contributed by atoms with Gasteiger partial charge in [0.25, 0.3) is 0 Å². The molecule has 0 radical (unpaired) electrons. The van der Waals surface area contributed by atoms with E-state index in [0.717, 1.165) is 24.9 Å². The lowest BCUT2D eigenvalue weighted by molar-refractivity contribution is 0.516. The van der Waals surface area contributed by atoms with Gasteiger partial charge in [0, 0.05) is 11.7 Å². The second-order valence-electron chi connectivity index (χ2n) is 5.15. The number of primary sulfonamides is 1. The lowest BCUT2D eigenvalue weighted by Gasteiger charge is -2.22. The Labute approximate surface area is 114 Å². The number of benzene rings is 1. The van der Waals surface area contributed by atoms with Crippen molar-refractivity contribution < 1.29 is 8.42 Å². The molecule has 5 nitrogen and oxygen atoms in total. The number of rotatable bonds is 4. The summed E-state index contributed by atoms with van der Waals surface area (Å²) in [4.78, 5) is 0.180. The SMILES string of the molecule is Cc1c(NC2CCCC2CN)cccc1S(N)(=O)=O. The number of nitrogens with one attached hydrogen (secondary N) is 1. The monoisotopic (exact) mass is 283 g/mol. The first-order valence-corrected chi connectivity index (χ1v) is 8.07. The molecule has 6 heteroatoms. The van der Waals surface area contributed by atoms with Crippen molar-refractivity contribution in [3.8, 4) is 0 Å². The van der Waals surface area contributed by atoms with E-state index < -0.39 is 10.0 Å². The van der Waals surface area contributed by atoms with Crippen LogP contribution in [0.15, 0.2) is 23.1 Å². The van der Waals surface area contributed by atoms with Gasteiger partial charge in [0.15, 0.2) is 0 Å². The quantitative estimate of drug-likeness (QED) is 0.772. The molecule has 1 fully saturated rings. The third kappa shape index (κ3) is 3.08. The van der Waals surface area contributed by atoms with Crippen molar-refractivity contribution in [2.75, 3.05) is 11.9 Å². The molecule has 2 rings (SSSR count). The van der Waals surface area contributed by atoms with Gasteiger partial charge < -0.3 is 11.1 Å². The van der Waals surface area contributed by atoms with Gasteiger partial charge >= 0.3 is 0 Å². The van der Waals surface area contributed by atoms with Gasteiger partial charge in [0.2, 0.25) is 10.0 Å². The van der Waals surface area contributed by atoms with Crippen molar-refractivity contribution in [2.45, 2.75) is 37.1 Å². The number of sulfonamides is 1. The van der Waals surface area contributed by atoms with E-state index in [1.807, 2.05) is 6.07 Å². The van der Waals surface area contributed by atoms with E-state index in [9.17, 15) is 8.42 Å². The number of nitrogens with two attached hydrogens (primary N) is 2. The van der Waals surface area contributed by atoms with Crippen LogP contribution in [0, 0.1) is 12.8 Å². The molecule has 19 heavy (non-hydrogen) atoms. The molecule has 1 aliphatic rings. The molecule has 5 N–H and O–H groups in total. The second-order valence-corrected chi connectivity index (χ2v) is 6.68. The minimum Gasteiger partial charge on any atom is -0.382 e. The predicted octanol–water partition coefficient (Wildman–Crippen LogP) is 1.18. The molecule has 2 atom stereocenters. The number of anilines is 1. The Balaban J connectivity index is 2.27. The van der Waals surface area contributed by atoms with E-state index >= 15 is 0 Å². The average Bonchev–Trinajstić information content (AvgIpc) is 2.77. The van der Waals surface area contributed by atoms with Crippen LogP contribution in [-0.2, 0) is 10.0 Å². The Morgan fingerprint density at radius 1 is 1.37 bits per heavy atom. The van der Waals surface area contributed by atoms with Crippen molar-refractivity contribution >= 4 is 15.7 Å². The van der Waals surface area contributed by atoms with E-state index in [4.69, 9.17) is 10.9 Å². The maximum atomic E-state index is 11.5. The normalized spacial score (nSPS) is 23.5. The molecule has 0 heterocycles. The van der Waals surface area contributed by atoms with Crippen LogP contribution >= 0.6 is 0 Å². The summed E-state index contributed by atoms with van der Waals surface area (Å²) in [6, 6.07) is 5.45. The highest BCUT2D eigenvalue weighted by Crippen LogP contribution is 2.30. The van der Waals surface area contributed by atoms with Gasteiger partial charge in [0.05, 0.1) is 4.90 Å². The van der Waals surface area contributed by atoms with Crippen molar-refractivity contribution in [2.24, 2.45) is 16.8 Å². The second kappa shape index (κ2) is 5.48. The number of hydrogen-bond acceptors (Lipinski definition) is 4. The highest BCUT2D eigenvalue weighted by atomic mass is 32.2. The Morgan fingerprint density at radius 3 is 2.74 bits per heavy atom. The molecule has 0 spiro atoms. The maximum absolute atomic E-state index is 11.5. The van der Waals surface area contributed by atoms with Crippen LogP contribution in [-0.4, -0.2) is 21.0 Å². The van der Waals surface area contributed by atoms with Gasteiger partial charge in [-0.2, -0.15) is 0 Å². The van der Waals surface area contributed by atoms with E-state index in [0.29, 0.717) is 24.1 Å². The van der Waals surface area contributed by atoms with E-state index in [1.54, 1.807) is 13.0 Å². The van der Waals surface area contributed by atoms with E-state index in [2.05, 4.69) is 5.32 Å². The Kier molecular flexibility index (Phi) is 4.13. The van der Waals surface area contributed by atoms with Crippen LogP contribution in [0.25, 0.3) is 0 Å². The molecular weight excluding hydrogens is 262 g/mol. The molecule has 1 saturated carbocycles. The molecule has 1 aromatic carbocycles. The zero-order chi connectivity index (χ0) is 14.0. The Morgan fingerprint density at radius 2 is 2.11 bits per heavy atom. The minimum absolute atomic E-state index is 0.180. The van der Waals surface area contributed by atoms with Crippen LogP contribution in [0.1, 0.15) is 24.8 Å². The summed E-state index contributed by atoms with van der Waals surface area (Å²) in [7, 11) is -3.67. The van der Waals surface area contributed by atoms with Gasteiger partial charge in [-0.15, -0.1) is 0 Å². The molecular formula is C13H21N3O2S. The average molecular weight is 283 g/mol. The third-order valence-corrected chi connectivity index (χ3v) is 4.95. The molecule has 1 aliphatic carbocycles. The topological polar surface area (TPSA) is 98.2 Å². The first kappa shape index (κ1) is 14.3. The first-order chi connectivity index (χ1) is 8.93. The van der Waals surface area contributed by atoms with E-state index in [-0.39, 0.29) is 4.90 Å². The summed E-state index contributed by atoms with van der Waals surface area (Å²) in [6.45, 7) is 2.43. The fourth-order valence-corrected chi connectivity index (χ4v) is 3.59. The van der Waals surface area contributed by atoms with Crippen LogP contribution in [0.4, 0.5) is 5.69 Å². The smallest absolute Gasteiger partial charge is 0.238 e. The summed E-state index contributed by atoms with van der Waals surface area (Å²) in [5.41, 5.74) is 7.26. The van der Waals surface area contributed by atoms with Gasteiger partial charge in [-0.25, -0.2) is 13.6 Å². The summed E-state index contributed by atoms with van der Waals surface area (Å²) < 4.78 is 23.0. The molecule has 0 aliphatic heterocycles. The fourth-order valence-electron chi connectivity index (χ4n) is 2.79. The summed E-state index contributed by atoms with van der Waals surface area (Å²) in [5.74, 6) is 0.456. The molecule has 1 aromatic rings. The zero-order valence-electron chi connectivity index (χ0n) is 11.1. The summed E-state index contributed by atoms with van der Waals surface area (Å²) in [6.07, 6.45) is 3.36. The molecule has 0 saturated heterocycles. The minimum atomic E-state index is -3.67. The van der Waals surface area contributed by atoms with Crippen LogP contribution in [0.2, 0.25) is 0 Å². The summed E-state index contributed by atoms with van der Waals surface area (Å²) >= 11 is 0. The Bertz CT molecular complexity index is 557. The largest absolute Gasteiger partial charge is 0.382 e. The van der Waals surface area contributed by atoms with Crippen LogP contribution in [0.5, 0.6) is 0 Å². The highest BCUT2D eigenvalue weighted by Gasteiger charge is 2.26. The molecule has 0 aromatic heterocycles. The third-order valence-electron chi connectivity index (χ3n) is 3.89. The Hall–Kier alpha value is -1.11. The van der Waals surface area contributed by atoms with Gasteiger partial charge in [-0.3, -0.25) is 0 Å². The highest BCUT2D eigenvalue weighted by molar-refractivity contribution is 7.89. The van der Waals surface area contributed by atoms with Crippen LogP contribution < -0.4 is 16.2 Å². The first-order valence-electron chi connectivity index (χ1n) is 6.52. The van der Waals surface area contributed by atoms with Crippen molar-refractivity contribution in [3.63, 3.8) is 0 Å². The lowest BCUT2D eigenvalue weighted by atomic mass is 10.0. The van der Waals surface area contributed by atoms with Crippen molar-refractivity contribution in [3.05, 3.63) is 23.8 Å². The van der Waals surface area contributed by atoms with Crippen molar-refractivity contribution in [1.29, 1.82) is 0 Å².